The SMILES string of the molecule is C.C.NCCn1ccnc1.O.O=c1c2cc3c(=O)n(CCn4ccnc4)c(=O)c3cc2c(=O)n1CCn1ccnc1.O=c1oc(=O)c2cc3c(=O)oc(=O)c3cc12. The first-order valence-electron chi connectivity index (χ1n) is 16.2. The standard InChI is InChI=1S/C20H16N6O4.C10H2O6.C5H9N3.2CH4.H2O/c27-17-13-9-15-16(20(30)26(19(15)29)8-6-24-4-2-22-12-24)10-14(13)18(28)25(17)7-5-23-3-1-21-11-23;11-7-3-1-4-6(10(14)16-8(4)12)2-5(3)9(13)15-7;6-1-3-8-4-2-7-5-8;;;/h1-4,9-12H,5-8H2;1-2H;2,4-5H,1,3,6H2;2*1H4;1H2. The quantitative estimate of drug-likeness (QED) is 0.203. The van der Waals surface area contributed by atoms with E-state index in [0.29, 0.717) is 19.6 Å². The molecule has 9 rings (SSSR count). The van der Waals surface area contributed by atoms with E-state index in [1.807, 2.05) is 10.8 Å². The Balaban J connectivity index is 0.000000223. The highest BCUT2D eigenvalue weighted by atomic mass is 16.4. The van der Waals surface area contributed by atoms with Crippen LogP contribution >= 0.6 is 0 Å². The van der Waals surface area contributed by atoms with Crippen molar-refractivity contribution in [2.24, 2.45) is 5.73 Å². The van der Waals surface area contributed by atoms with Crippen molar-refractivity contribution in [3.05, 3.63) is 164 Å². The minimum atomic E-state index is -0.824. The maximum absolute atomic E-state index is 12.8. The van der Waals surface area contributed by atoms with Crippen LogP contribution < -0.4 is 50.5 Å². The summed E-state index contributed by atoms with van der Waals surface area (Å²) in [5.74, 6) is 0. The lowest BCUT2D eigenvalue weighted by Gasteiger charge is -2.01. The molecule has 0 saturated heterocycles. The minimum Gasteiger partial charge on any atom is -0.412 e. The van der Waals surface area contributed by atoms with Gasteiger partial charge in [0, 0.05) is 76.4 Å². The van der Waals surface area contributed by atoms with Crippen molar-refractivity contribution in [2.75, 3.05) is 6.54 Å². The average molecular weight is 784 g/mol. The summed E-state index contributed by atoms with van der Waals surface area (Å²) in [6, 6.07) is 5.04. The number of rotatable bonds is 8. The molecule has 0 unspecified atom stereocenters. The topological polar surface area (TPSA) is 284 Å². The van der Waals surface area contributed by atoms with Gasteiger partial charge in [0.15, 0.2) is 0 Å². The highest BCUT2D eigenvalue weighted by molar-refractivity contribution is 5.98. The number of hydrogen-bond acceptors (Lipinski definition) is 14. The van der Waals surface area contributed by atoms with Crippen LogP contribution in [0.4, 0.5) is 0 Å². The molecule has 0 bridgehead atoms. The summed E-state index contributed by atoms with van der Waals surface area (Å²) in [6.07, 6.45) is 15.3. The Morgan fingerprint density at radius 3 is 0.982 bits per heavy atom. The van der Waals surface area contributed by atoms with Gasteiger partial charge in [0.2, 0.25) is 0 Å². The van der Waals surface area contributed by atoms with Crippen LogP contribution in [0.5, 0.6) is 0 Å². The van der Waals surface area contributed by atoms with E-state index in [1.165, 1.54) is 12.1 Å². The summed E-state index contributed by atoms with van der Waals surface area (Å²) in [6.45, 7) is 2.70. The van der Waals surface area contributed by atoms with E-state index in [9.17, 15) is 38.4 Å². The lowest BCUT2D eigenvalue weighted by molar-refractivity contribution is 0.498. The van der Waals surface area contributed by atoms with Crippen molar-refractivity contribution in [3.63, 3.8) is 0 Å². The Labute approximate surface area is 318 Å². The molecule has 0 aliphatic rings. The third-order valence-corrected chi connectivity index (χ3v) is 8.70. The molecular formula is C37H37N9O11. The molecule has 7 aromatic heterocycles. The van der Waals surface area contributed by atoms with E-state index in [-0.39, 0.29) is 76.5 Å². The molecule has 0 aliphatic carbocycles. The normalized spacial score (nSPS) is 10.8. The van der Waals surface area contributed by atoms with Crippen molar-refractivity contribution in [2.45, 2.75) is 47.6 Å². The lowest BCUT2D eigenvalue weighted by Crippen LogP contribution is -2.28. The Morgan fingerprint density at radius 1 is 0.439 bits per heavy atom. The number of fused-ring (bicyclic) bond motifs is 4. The number of imidazole rings is 3. The molecule has 0 amide bonds. The Kier molecular flexibility index (Phi) is 12.9. The van der Waals surface area contributed by atoms with E-state index in [0.717, 1.165) is 27.8 Å². The van der Waals surface area contributed by atoms with Gasteiger partial charge in [0.1, 0.15) is 0 Å². The minimum absolute atomic E-state index is 0. The molecule has 20 heteroatoms. The van der Waals surface area contributed by atoms with E-state index >= 15 is 0 Å². The summed E-state index contributed by atoms with van der Waals surface area (Å²) >= 11 is 0. The van der Waals surface area contributed by atoms with Gasteiger partial charge in [0.05, 0.1) is 62.1 Å². The zero-order chi connectivity index (χ0) is 38.1. The predicted molar refractivity (Wildman–Crippen MR) is 211 cm³/mol. The smallest absolute Gasteiger partial charge is 0.346 e. The lowest BCUT2D eigenvalue weighted by atomic mass is 10.1. The molecule has 2 aromatic carbocycles. The molecule has 0 radical (unpaired) electrons. The highest BCUT2D eigenvalue weighted by Crippen LogP contribution is 2.15. The van der Waals surface area contributed by atoms with Crippen LogP contribution in [0.15, 0.2) is 128 Å². The van der Waals surface area contributed by atoms with Crippen molar-refractivity contribution < 1.29 is 14.3 Å². The number of aromatic nitrogens is 8. The van der Waals surface area contributed by atoms with E-state index in [4.69, 9.17) is 5.73 Å². The van der Waals surface area contributed by atoms with Crippen molar-refractivity contribution in [1.29, 1.82) is 0 Å². The van der Waals surface area contributed by atoms with Crippen LogP contribution in [0, 0.1) is 0 Å². The number of furan rings is 2. The number of nitrogens with zero attached hydrogens (tertiary/aromatic N) is 8. The van der Waals surface area contributed by atoms with Crippen molar-refractivity contribution >= 4 is 43.1 Å². The second-order valence-corrected chi connectivity index (χ2v) is 12.0. The van der Waals surface area contributed by atoms with Crippen molar-refractivity contribution in [1.82, 2.24) is 37.8 Å². The molecule has 0 saturated carbocycles. The summed E-state index contributed by atoms with van der Waals surface area (Å²) in [5.41, 5.74) is 0.123. The fourth-order valence-corrected chi connectivity index (χ4v) is 5.98. The molecular weight excluding hydrogens is 746 g/mol. The van der Waals surface area contributed by atoms with Gasteiger partial charge in [-0.05, 0) is 24.3 Å². The second kappa shape index (κ2) is 17.3. The molecule has 7 heterocycles. The fraction of sp³-hybridized carbons (Fsp3) is 0.216. The van der Waals surface area contributed by atoms with Gasteiger partial charge < -0.3 is 33.7 Å². The Bertz CT molecular complexity index is 2850. The third kappa shape index (κ3) is 8.02. The summed E-state index contributed by atoms with van der Waals surface area (Å²) < 4.78 is 16.4. The van der Waals surface area contributed by atoms with Crippen LogP contribution in [0.2, 0.25) is 0 Å². The van der Waals surface area contributed by atoms with E-state index in [1.54, 1.807) is 59.1 Å². The van der Waals surface area contributed by atoms with Gasteiger partial charge in [-0.2, -0.15) is 0 Å². The van der Waals surface area contributed by atoms with Crippen LogP contribution in [0.1, 0.15) is 14.9 Å². The second-order valence-electron chi connectivity index (χ2n) is 12.0. The van der Waals surface area contributed by atoms with Gasteiger partial charge in [-0.25, -0.2) is 34.1 Å². The summed E-state index contributed by atoms with van der Waals surface area (Å²) in [7, 11) is 0. The Morgan fingerprint density at radius 2 is 0.719 bits per heavy atom. The summed E-state index contributed by atoms with van der Waals surface area (Å²) in [5, 5.41) is 0.546. The van der Waals surface area contributed by atoms with E-state index in [2.05, 4.69) is 23.8 Å². The predicted octanol–water partition coefficient (Wildman–Crippen LogP) is -0.509. The molecule has 57 heavy (non-hydrogen) atoms. The molecule has 296 valence electrons. The van der Waals surface area contributed by atoms with Gasteiger partial charge >= 0.3 is 22.5 Å². The van der Waals surface area contributed by atoms with Gasteiger partial charge in [-0.1, -0.05) is 14.9 Å². The first-order chi connectivity index (χ1) is 26.0. The zero-order valence-corrected chi connectivity index (χ0v) is 28.5. The molecule has 20 nitrogen and oxygen atoms in total. The molecule has 0 atom stereocenters. The van der Waals surface area contributed by atoms with E-state index < -0.39 is 44.7 Å². The zero-order valence-electron chi connectivity index (χ0n) is 28.5. The van der Waals surface area contributed by atoms with Crippen LogP contribution in [0.3, 0.4) is 0 Å². The van der Waals surface area contributed by atoms with Crippen LogP contribution in [0.25, 0.3) is 43.1 Å². The van der Waals surface area contributed by atoms with Crippen LogP contribution in [-0.2, 0) is 32.7 Å². The third-order valence-electron chi connectivity index (χ3n) is 8.70. The largest absolute Gasteiger partial charge is 0.412 e. The first-order valence-corrected chi connectivity index (χ1v) is 16.2. The van der Waals surface area contributed by atoms with Gasteiger partial charge in [-0.3, -0.25) is 28.3 Å². The summed E-state index contributed by atoms with van der Waals surface area (Å²) in [4.78, 5) is 108. The number of aryl methyl sites for hydroxylation is 2. The maximum Gasteiger partial charge on any atom is 0.346 e. The number of hydrogen-bond donors (Lipinski definition) is 1. The van der Waals surface area contributed by atoms with Crippen LogP contribution in [-0.4, -0.2) is 49.8 Å². The van der Waals surface area contributed by atoms with Gasteiger partial charge in [0.25, 0.3) is 22.2 Å². The Hall–Kier alpha value is -7.45. The maximum atomic E-state index is 12.8. The molecule has 0 spiro atoms. The monoisotopic (exact) mass is 783 g/mol. The molecule has 9 aromatic rings. The van der Waals surface area contributed by atoms with Crippen molar-refractivity contribution in [3.8, 4) is 0 Å². The molecule has 0 fully saturated rings. The average Bonchev–Trinajstić information content (AvgIpc) is 4.04. The number of benzene rings is 2. The molecule has 0 aliphatic heterocycles. The highest BCUT2D eigenvalue weighted by Gasteiger charge is 2.20. The number of nitrogens with two attached hydrogens (primary N) is 1. The fourth-order valence-electron chi connectivity index (χ4n) is 5.98. The van der Waals surface area contributed by atoms with Gasteiger partial charge in [-0.15, -0.1) is 0 Å². The molecule has 4 N–H and O–H groups in total. The first kappa shape index (κ1) is 42.3.